The van der Waals surface area contributed by atoms with Gasteiger partial charge in [-0.05, 0) is 44.2 Å². The second kappa shape index (κ2) is 8.34. The minimum Gasteiger partial charge on any atom is -0.460 e. The number of halogens is 3. The molecule has 1 aromatic heterocycles. The highest BCUT2D eigenvalue weighted by Gasteiger charge is 2.25. The van der Waals surface area contributed by atoms with Crippen molar-refractivity contribution in [2.24, 2.45) is 0 Å². The molecule has 0 N–H and O–H groups in total. The molecule has 0 saturated carbocycles. The molecule has 3 aromatic rings. The molecule has 0 amide bonds. The molecule has 140 valence electrons. The van der Waals surface area contributed by atoms with E-state index in [1.54, 1.807) is 37.3 Å². The first kappa shape index (κ1) is 19.7. The van der Waals surface area contributed by atoms with E-state index in [9.17, 15) is 4.79 Å². The van der Waals surface area contributed by atoms with Gasteiger partial charge in [0.1, 0.15) is 0 Å². The molecular weight excluding hydrogens is 407 g/mol. The predicted octanol–water partition coefficient (Wildman–Crippen LogP) is 6.37. The third kappa shape index (κ3) is 3.98. The summed E-state index contributed by atoms with van der Waals surface area (Å²) in [5, 5.41) is 1.60. The van der Waals surface area contributed by atoms with Crippen molar-refractivity contribution in [1.29, 1.82) is 0 Å². The number of esters is 1. The fourth-order valence-electron chi connectivity index (χ4n) is 2.88. The standard InChI is InChI=1S/C20H17Cl3N2O2/c1-3-25-18(12-5-7-13(21)8-6-12)17(24-19(25)20(26)27-4-2)15-10-9-14(22)11-16(15)23/h5-11H,3-4H2,1-2H3. The van der Waals surface area contributed by atoms with Crippen LogP contribution in [0.3, 0.4) is 0 Å². The van der Waals surface area contributed by atoms with Gasteiger partial charge in [0.05, 0.1) is 23.0 Å². The zero-order chi connectivity index (χ0) is 19.6. The van der Waals surface area contributed by atoms with E-state index in [2.05, 4.69) is 4.98 Å². The van der Waals surface area contributed by atoms with E-state index in [4.69, 9.17) is 39.5 Å². The summed E-state index contributed by atoms with van der Waals surface area (Å²) in [6, 6.07) is 12.5. The summed E-state index contributed by atoms with van der Waals surface area (Å²) in [7, 11) is 0. The molecule has 0 saturated heterocycles. The Morgan fingerprint density at radius 3 is 2.30 bits per heavy atom. The second-order valence-electron chi connectivity index (χ2n) is 5.73. The average molecular weight is 424 g/mol. The van der Waals surface area contributed by atoms with Gasteiger partial charge in [-0.25, -0.2) is 9.78 Å². The van der Waals surface area contributed by atoms with Gasteiger partial charge in [-0.2, -0.15) is 0 Å². The van der Waals surface area contributed by atoms with Crippen LogP contribution in [0.2, 0.25) is 15.1 Å². The number of carbonyl (C=O) groups is 1. The highest BCUT2D eigenvalue weighted by Crippen LogP contribution is 2.38. The number of carbonyl (C=O) groups excluding carboxylic acids is 1. The van der Waals surface area contributed by atoms with Crippen LogP contribution in [0, 0.1) is 0 Å². The molecule has 0 fully saturated rings. The maximum Gasteiger partial charge on any atom is 0.374 e. The zero-order valence-corrected chi connectivity index (χ0v) is 17.1. The van der Waals surface area contributed by atoms with Crippen LogP contribution in [0.1, 0.15) is 24.5 Å². The van der Waals surface area contributed by atoms with Gasteiger partial charge in [0, 0.05) is 27.7 Å². The van der Waals surface area contributed by atoms with E-state index < -0.39 is 5.97 Å². The van der Waals surface area contributed by atoms with Crippen molar-refractivity contribution in [3.05, 3.63) is 63.4 Å². The molecule has 27 heavy (non-hydrogen) atoms. The normalized spacial score (nSPS) is 10.9. The van der Waals surface area contributed by atoms with Crippen molar-refractivity contribution in [1.82, 2.24) is 9.55 Å². The first-order valence-electron chi connectivity index (χ1n) is 8.45. The first-order chi connectivity index (χ1) is 13.0. The van der Waals surface area contributed by atoms with Crippen LogP contribution < -0.4 is 0 Å². The molecule has 3 rings (SSSR count). The van der Waals surface area contributed by atoms with Gasteiger partial charge in [-0.1, -0.05) is 46.9 Å². The molecule has 0 atom stereocenters. The molecule has 1 heterocycles. The molecular formula is C20H17Cl3N2O2. The summed E-state index contributed by atoms with van der Waals surface area (Å²) < 4.78 is 7.00. The Morgan fingerprint density at radius 2 is 1.70 bits per heavy atom. The summed E-state index contributed by atoms with van der Waals surface area (Å²) in [6.45, 7) is 4.50. The van der Waals surface area contributed by atoms with Crippen LogP contribution in [0.15, 0.2) is 42.5 Å². The molecule has 4 nitrogen and oxygen atoms in total. The lowest BCUT2D eigenvalue weighted by molar-refractivity contribution is 0.0507. The molecule has 0 aliphatic carbocycles. The van der Waals surface area contributed by atoms with Crippen molar-refractivity contribution in [2.75, 3.05) is 6.61 Å². The molecule has 0 bridgehead atoms. The maximum atomic E-state index is 12.5. The third-order valence-corrected chi connectivity index (χ3v) is 4.85. The van der Waals surface area contributed by atoms with Crippen molar-refractivity contribution >= 4 is 40.8 Å². The summed E-state index contributed by atoms with van der Waals surface area (Å²) in [5.41, 5.74) is 2.90. The Hall–Kier alpha value is -2.01. The molecule has 0 aliphatic heterocycles. The summed E-state index contributed by atoms with van der Waals surface area (Å²) in [4.78, 5) is 17.1. The topological polar surface area (TPSA) is 44.1 Å². The molecule has 0 aliphatic rings. The van der Waals surface area contributed by atoms with E-state index in [0.29, 0.717) is 32.9 Å². The van der Waals surface area contributed by atoms with Gasteiger partial charge < -0.3 is 9.30 Å². The molecule has 0 unspecified atom stereocenters. The number of rotatable bonds is 5. The molecule has 7 heteroatoms. The van der Waals surface area contributed by atoms with E-state index in [0.717, 1.165) is 11.3 Å². The summed E-state index contributed by atoms with van der Waals surface area (Å²) in [5.74, 6) is -0.254. The van der Waals surface area contributed by atoms with Gasteiger partial charge >= 0.3 is 5.97 Å². The monoisotopic (exact) mass is 422 g/mol. The van der Waals surface area contributed by atoms with E-state index >= 15 is 0 Å². The fraction of sp³-hybridized carbons (Fsp3) is 0.200. The number of hydrogen-bond acceptors (Lipinski definition) is 3. The molecule has 0 radical (unpaired) electrons. The van der Waals surface area contributed by atoms with Gasteiger partial charge in [0.25, 0.3) is 0 Å². The largest absolute Gasteiger partial charge is 0.460 e. The Kier molecular flexibility index (Phi) is 6.10. The van der Waals surface area contributed by atoms with E-state index in [-0.39, 0.29) is 12.4 Å². The second-order valence-corrected chi connectivity index (χ2v) is 7.01. The Morgan fingerprint density at radius 1 is 1.04 bits per heavy atom. The SMILES string of the molecule is CCOC(=O)c1nc(-c2ccc(Cl)cc2Cl)c(-c2ccc(Cl)cc2)n1CC. The highest BCUT2D eigenvalue weighted by molar-refractivity contribution is 6.36. The van der Waals surface area contributed by atoms with Crippen LogP contribution in [-0.4, -0.2) is 22.1 Å². The van der Waals surface area contributed by atoms with Gasteiger partial charge in [-0.15, -0.1) is 0 Å². The van der Waals surface area contributed by atoms with Crippen LogP contribution in [0.25, 0.3) is 22.5 Å². The Balaban J connectivity index is 2.30. The minimum absolute atomic E-state index is 0.227. The number of benzene rings is 2. The third-order valence-electron chi connectivity index (χ3n) is 4.05. The van der Waals surface area contributed by atoms with Crippen LogP contribution in [0.5, 0.6) is 0 Å². The van der Waals surface area contributed by atoms with Crippen molar-refractivity contribution in [3.8, 4) is 22.5 Å². The minimum atomic E-state index is -0.481. The molecule has 0 spiro atoms. The number of nitrogens with zero attached hydrogens (tertiary/aromatic N) is 2. The van der Waals surface area contributed by atoms with Crippen LogP contribution >= 0.6 is 34.8 Å². The Labute approximate surface area is 172 Å². The first-order valence-corrected chi connectivity index (χ1v) is 9.58. The number of ether oxygens (including phenoxy) is 1. The van der Waals surface area contributed by atoms with Crippen LogP contribution in [-0.2, 0) is 11.3 Å². The lowest BCUT2D eigenvalue weighted by Crippen LogP contribution is -2.13. The Bertz CT molecular complexity index is 982. The highest BCUT2D eigenvalue weighted by atomic mass is 35.5. The van der Waals surface area contributed by atoms with Crippen molar-refractivity contribution in [3.63, 3.8) is 0 Å². The smallest absolute Gasteiger partial charge is 0.374 e. The van der Waals surface area contributed by atoms with E-state index in [1.165, 1.54) is 0 Å². The van der Waals surface area contributed by atoms with Gasteiger partial charge in [-0.3, -0.25) is 0 Å². The fourth-order valence-corrected chi connectivity index (χ4v) is 3.51. The average Bonchev–Trinajstić information content (AvgIpc) is 3.02. The van der Waals surface area contributed by atoms with Crippen molar-refractivity contribution in [2.45, 2.75) is 20.4 Å². The lowest BCUT2D eigenvalue weighted by atomic mass is 10.0. The van der Waals surface area contributed by atoms with Gasteiger partial charge in [0.15, 0.2) is 0 Å². The number of hydrogen-bond donors (Lipinski definition) is 0. The van der Waals surface area contributed by atoms with E-state index in [1.807, 2.05) is 23.6 Å². The lowest BCUT2D eigenvalue weighted by Gasteiger charge is -2.11. The maximum absolute atomic E-state index is 12.5. The van der Waals surface area contributed by atoms with Crippen LogP contribution in [0.4, 0.5) is 0 Å². The zero-order valence-electron chi connectivity index (χ0n) is 14.8. The quantitative estimate of drug-likeness (QED) is 0.448. The summed E-state index contributed by atoms with van der Waals surface area (Å²) in [6.07, 6.45) is 0. The number of imidazole rings is 1. The van der Waals surface area contributed by atoms with Crippen molar-refractivity contribution < 1.29 is 9.53 Å². The molecule has 2 aromatic carbocycles. The summed E-state index contributed by atoms with van der Waals surface area (Å²) >= 11 is 18.5. The van der Waals surface area contributed by atoms with Gasteiger partial charge in [0.2, 0.25) is 5.82 Å². The predicted molar refractivity (Wildman–Crippen MR) is 110 cm³/mol. The number of aromatic nitrogens is 2.